The molecule has 0 unspecified atom stereocenters. The van der Waals surface area contributed by atoms with Crippen molar-refractivity contribution in [2.24, 2.45) is 0 Å². The average Bonchev–Trinajstić information content (AvgIpc) is 2.41. The molecule has 2 aromatic carbocycles. The molecule has 0 spiro atoms. The number of halogens is 1. The fraction of sp³-hybridized carbons (Fsp3) is 0.133. The second-order valence-corrected chi connectivity index (χ2v) is 4.28. The molecule has 2 aromatic rings. The maximum Gasteiger partial charge on any atom is 0.119 e. The topological polar surface area (TPSA) is 17.1 Å². The van der Waals surface area contributed by atoms with Gasteiger partial charge in [0.05, 0.1) is 0 Å². The van der Waals surface area contributed by atoms with Crippen LogP contribution in [0.1, 0.15) is 13.3 Å². The first-order valence-electron chi connectivity index (χ1n) is 5.53. The molecular formula is C15H15BrO. The van der Waals surface area contributed by atoms with E-state index in [1.807, 2.05) is 25.1 Å². The lowest BCUT2D eigenvalue weighted by Crippen LogP contribution is -1.77. The number of hydrogen-bond donors (Lipinski definition) is 0. The van der Waals surface area contributed by atoms with Crippen LogP contribution in [-0.2, 0) is 4.79 Å². The van der Waals surface area contributed by atoms with Crippen molar-refractivity contribution >= 4 is 22.2 Å². The van der Waals surface area contributed by atoms with Gasteiger partial charge in [-0.2, -0.15) is 0 Å². The Balaban J connectivity index is 0.000000317. The largest absolute Gasteiger partial charge is 0.303 e. The van der Waals surface area contributed by atoms with Crippen molar-refractivity contribution in [3.8, 4) is 11.1 Å². The molecule has 0 N–H and O–H groups in total. The van der Waals surface area contributed by atoms with E-state index in [2.05, 4.69) is 52.3 Å². The quantitative estimate of drug-likeness (QED) is 0.732. The Morgan fingerprint density at radius 2 is 1.53 bits per heavy atom. The smallest absolute Gasteiger partial charge is 0.119 e. The van der Waals surface area contributed by atoms with E-state index >= 15 is 0 Å². The van der Waals surface area contributed by atoms with Crippen molar-refractivity contribution in [2.45, 2.75) is 13.3 Å². The van der Waals surface area contributed by atoms with Crippen LogP contribution < -0.4 is 0 Å². The number of rotatable bonds is 2. The molecule has 0 bridgehead atoms. The van der Waals surface area contributed by atoms with E-state index < -0.39 is 0 Å². The van der Waals surface area contributed by atoms with Gasteiger partial charge in [-0.3, -0.25) is 0 Å². The fourth-order valence-electron chi connectivity index (χ4n) is 1.31. The Bertz CT molecular complexity index is 451. The van der Waals surface area contributed by atoms with E-state index in [0.29, 0.717) is 6.42 Å². The van der Waals surface area contributed by atoms with Crippen molar-refractivity contribution in [2.75, 3.05) is 0 Å². The standard InChI is InChI=1S/C12H9Br.C3H6O/c13-12-9-5-4-8-11(12)10-6-2-1-3-7-10;1-2-3-4/h1-9H;3H,2H2,1H3. The first kappa shape index (κ1) is 13.7. The maximum absolute atomic E-state index is 9.17. The van der Waals surface area contributed by atoms with Gasteiger partial charge in [0.1, 0.15) is 6.29 Å². The van der Waals surface area contributed by atoms with Crippen LogP contribution in [0.15, 0.2) is 59.1 Å². The molecule has 0 atom stereocenters. The van der Waals surface area contributed by atoms with E-state index in [9.17, 15) is 4.79 Å². The van der Waals surface area contributed by atoms with Crippen molar-refractivity contribution in [1.82, 2.24) is 0 Å². The molecule has 0 amide bonds. The SMILES string of the molecule is Brc1ccccc1-c1ccccc1.CCC=O. The van der Waals surface area contributed by atoms with Gasteiger partial charge in [0.2, 0.25) is 0 Å². The molecule has 2 rings (SSSR count). The van der Waals surface area contributed by atoms with Crippen molar-refractivity contribution in [3.05, 3.63) is 59.1 Å². The fourth-order valence-corrected chi connectivity index (χ4v) is 1.83. The van der Waals surface area contributed by atoms with Crippen LogP contribution in [-0.4, -0.2) is 6.29 Å². The zero-order valence-corrected chi connectivity index (χ0v) is 11.4. The minimum Gasteiger partial charge on any atom is -0.303 e. The van der Waals surface area contributed by atoms with Crippen LogP contribution in [0.3, 0.4) is 0 Å². The van der Waals surface area contributed by atoms with E-state index in [1.54, 1.807) is 0 Å². The summed E-state index contributed by atoms with van der Waals surface area (Å²) in [4.78, 5) is 9.17. The third-order valence-electron chi connectivity index (χ3n) is 2.13. The molecule has 0 radical (unpaired) electrons. The van der Waals surface area contributed by atoms with E-state index in [1.165, 1.54) is 11.1 Å². The van der Waals surface area contributed by atoms with Crippen LogP contribution in [0, 0.1) is 0 Å². The Morgan fingerprint density at radius 1 is 1.00 bits per heavy atom. The Hall–Kier alpha value is -1.41. The summed E-state index contributed by atoms with van der Waals surface area (Å²) in [5.41, 5.74) is 2.48. The van der Waals surface area contributed by atoms with Gasteiger partial charge in [0.25, 0.3) is 0 Å². The summed E-state index contributed by atoms with van der Waals surface area (Å²) in [6.45, 7) is 1.81. The summed E-state index contributed by atoms with van der Waals surface area (Å²) in [5.74, 6) is 0. The van der Waals surface area contributed by atoms with Crippen LogP contribution in [0.25, 0.3) is 11.1 Å². The number of carbonyl (C=O) groups is 1. The second kappa shape index (κ2) is 7.80. The minimum atomic E-state index is 0.639. The number of carbonyl (C=O) groups excluding carboxylic acids is 1. The van der Waals surface area contributed by atoms with Gasteiger partial charge in [-0.15, -0.1) is 0 Å². The Kier molecular flexibility index (Phi) is 6.26. The normalized spacial score (nSPS) is 9.06. The van der Waals surface area contributed by atoms with E-state index in [4.69, 9.17) is 0 Å². The molecule has 88 valence electrons. The lowest BCUT2D eigenvalue weighted by atomic mass is 10.1. The number of benzene rings is 2. The Labute approximate surface area is 111 Å². The molecule has 0 aliphatic carbocycles. The second-order valence-electron chi connectivity index (χ2n) is 3.42. The predicted octanol–water partition coefficient (Wildman–Crippen LogP) is 4.71. The van der Waals surface area contributed by atoms with Gasteiger partial charge in [0.15, 0.2) is 0 Å². The van der Waals surface area contributed by atoms with Crippen molar-refractivity contribution in [3.63, 3.8) is 0 Å². The number of hydrogen-bond acceptors (Lipinski definition) is 1. The van der Waals surface area contributed by atoms with E-state index in [0.717, 1.165) is 10.8 Å². The zero-order valence-electron chi connectivity index (χ0n) is 9.77. The minimum absolute atomic E-state index is 0.639. The van der Waals surface area contributed by atoms with Crippen LogP contribution in [0.4, 0.5) is 0 Å². The molecule has 0 aliphatic rings. The first-order chi connectivity index (χ1) is 8.29. The molecule has 0 heterocycles. The molecule has 2 heteroatoms. The summed E-state index contributed by atoms with van der Waals surface area (Å²) < 4.78 is 1.14. The molecular weight excluding hydrogens is 276 g/mol. The number of aldehydes is 1. The zero-order chi connectivity index (χ0) is 12.5. The van der Waals surface area contributed by atoms with Gasteiger partial charge >= 0.3 is 0 Å². The molecule has 1 nitrogen and oxygen atoms in total. The summed E-state index contributed by atoms with van der Waals surface area (Å²) in [5, 5.41) is 0. The Morgan fingerprint density at radius 3 is 2.06 bits per heavy atom. The van der Waals surface area contributed by atoms with E-state index in [-0.39, 0.29) is 0 Å². The lowest BCUT2D eigenvalue weighted by molar-refractivity contribution is -0.107. The highest BCUT2D eigenvalue weighted by Gasteiger charge is 1.99. The molecule has 17 heavy (non-hydrogen) atoms. The molecule has 0 saturated heterocycles. The van der Waals surface area contributed by atoms with Crippen molar-refractivity contribution in [1.29, 1.82) is 0 Å². The highest BCUT2D eigenvalue weighted by molar-refractivity contribution is 9.10. The maximum atomic E-state index is 9.17. The van der Waals surface area contributed by atoms with Gasteiger partial charge in [0, 0.05) is 10.9 Å². The molecule has 0 fully saturated rings. The van der Waals surface area contributed by atoms with Gasteiger partial charge in [-0.1, -0.05) is 71.4 Å². The monoisotopic (exact) mass is 290 g/mol. The molecule has 0 saturated carbocycles. The highest BCUT2D eigenvalue weighted by Crippen LogP contribution is 2.27. The lowest BCUT2D eigenvalue weighted by Gasteiger charge is -2.02. The third-order valence-corrected chi connectivity index (χ3v) is 2.82. The van der Waals surface area contributed by atoms with Crippen LogP contribution >= 0.6 is 15.9 Å². The molecule has 0 aromatic heterocycles. The van der Waals surface area contributed by atoms with Crippen LogP contribution in [0.2, 0.25) is 0 Å². The van der Waals surface area contributed by atoms with Crippen molar-refractivity contribution < 1.29 is 4.79 Å². The summed E-state index contributed by atoms with van der Waals surface area (Å²) in [7, 11) is 0. The van der Waals surface area contributed by atoms with Crippen LogP contribution in [0.5, 0.6) is 0 Å². The third kappa shape index (κ3) is 4.53. The predicted molar refractivity (Wildman–Crippen MR) is 75.9 cm³/mol. The van der Waals surface area contributed by atoms with Gasteiger partial charge < -0.3 is 4.79 Å². The average molecular weight is 291 g/mol. The first-order valence-corrected chi connectivity index (χ1v) is 6.32. The highest BCUT2D eigenvalue weighted by atomic mass is 79.9. The summed E-state index contributed by atoms with van der Waals surface area (Å²) in [6.07, 6.45) is 1.51. The molecule has 0 aliphatic heterocycles. The summed E-state index contributed by atoms with van der Waals surface area (Å²) in [6, 6.07) is 18.6. The van der Waals surface area contributed by atoms with Gasteiger partial charge in [-0.05, 0) is 17.2 Å². The van der Waals surface area contributed by atoms with Gasteiger partial charge in [-0.25, -0.2) is 0 Å². The summed E-state index contributed by atoms with van der Waals surface area (Å²) >= 11 is 3.53.